The highest BCUT2D eigenvalue weighted by Gasteiger charge is 2.32. The van der Waals surface area contributed by atoms with E-state index in [0.29, 0.717) is 35.0 Å². The van der Waals surface area contributed by atoms with Crippen LogP contribution in [0.5, 0.6) is 11.5 Å². The van der Waals surface area contributed by atoms with Gasteiger partial charge in [0.25, 0.3) is 0 Å². The summed E-state index contributed by atoms with van der Waals surface area (Å²) >= 11 is 0. The summed E-state index contributed by atoms with van der Waals surface area (Å²) in [4.78, 5) is 9.25. The molecule has 9 rings (SSSR count). The minimum absolute atomic E-state index is 0.0617. The molecule has 1 aliphatic rings. The van der Waals surface area contributed by atoms with Crippen LogP contribution in [0.1, 0.15) is 134 Å². The molecule has 0 saturated carbocycles. The lowest BCUT2D eigenvalue weighted by Gasteiger charge is -2.29. The van der Waals surface area contributed by atoms with Crippen molar-refractivity contribution in [3.05, 3.63) is 167 Å². The number of ether oxygens (including phenoxy) is 1. The molecule has 0 N–H and O–H groups in total. The second-order valence-electron chi connectivity index (χ2n) is 18.9. The van der Waals surface area contributed by atoms with E-state index in [2.05, 4.69) is 154 Å². The molecule has 0 amide bonds. The molecule has 5 nitrogen and oxygen atoms in total. The molecule has 2 aromatic heterocycles. The topological polar surface area (TPSA) is 33.5 Å². The summed E-state index contributed by atoms with van der Waals surface area (Å²) in [7, 11) is 0. The molecule has 0 fully saturated rings. The van der Waals surface area contributed by atoms with Gasteiger partial charge in [0.15, 0.2) is 0 Å². The van der Waals surface area contributed by atoms with Crippen LogP contribution in [0, 0.1) is 0 Å². The quantitative estimate of drug-likeness (QED) is 0.137. The van der Waals surface area contributed by atoms with Crippen LogP contribution < -0.4 is 14.5 Å². The normalized spacial score (nSPS) is 15.6. The third kappa shape index (κ3) is 7.66. The highest BCUT2D eigenvalue weighted by Crippen LogP contribution is 2.50. The Hall–Kier alpha value is -6.33. The van der Waals surface area contributed by atoms with E-state index in [0.717, 1.165) is 50.2 Å². The fourth-order valence-electron chi connectivity index (χ4n) is 9.40. The first-order chi connectivity index (χ1) is 32.0. The number of para-hydroxylation sites is 4. The summed E-state index contributed by atoms with van der Waals surface area (Å²) in [6.07, 6.45) is 1.90. The lowest BCUT2D eigenvalue weighted by molar-refractivity contribution is 0.483. The maximum Gasteiger partial charge on any atom is 0.137 e. The second-order valence-corrected chi connectivity index (χ2v) is 18.9. The summed E-state index contributed by atoms with van der Waals surface area (Å²) in [6, 6.07) is 45.7. The van der Waals surface area contributed by atoms with Crippen LogP contribution in [0.2, 0.25) is 0 Å². The van der Waals surface area contributed by atoms with Gasteiger partial charge in [-0.2, -0.15) is 0 Å². The lowest BCUT2D eigenvalue weighted by atomic mass is 9.85. The van der Waals surface area contributed by atoms with Gasteiger partial charge in [0.1, 0.15) is 24.0 Å². The zero-order valence-corrected chi connectivity index (χ0v) is 38.3. The van der Waals surface area contributed by atoms with Gasteiger partial charge < -0.3 is 14.5 Å². The summed E-state index contributed by atoms with van der Waals surface area (Å²) in [5.41, 5.74) is 12.1. The molecule has 0 saturated heterocycles. The van der Waals surface area contributed by atoms with Crippen LogP contribution in [0.4, 0.5) is 22.7 Å². The number of benzene rings is 6. The summed E-state index contributed by atoms with van der Waals surface area (Å²) in [6.45, 7) is 18.4. The summed E-state index contributed by atoms with van der Waals surface area (Å²) in [5, 5.41) is 2.23. The Bertz CT molecular complexity index is 3180. The lowest BCUT2D eigenvalue weighted by Crippen LogP contribution is -2.26. The number of anilines is 4. The minimum atomic E-state index is -2.63. The Morgan fingerprint density at radius 2 is 1.24 bits per heavy atom. The van der Waals surface area contributed by atoms with Crippen molar-refractivity contribution >= 4 is 44.6 Å². The van der Waals surface area contributed by atoms with Gasteiger partial charge in [-0.1, -0.05) is 143 Å². The molecule has 0 bridgehead atoms. The maximum atomic E-state index is 9.38. The molecule has 0 radical (unpaired) electrons. The number of fused-ring (bicyclic) bond motifs is 4. The standard InChI is InChI=1S/C58H62N4O/c1-36(2)45-19-16-20-46(37(3)4)56(45)40-30-42(60-35-61(53-25-15-14-24-52(53)60)57-47(38(5)6)21-17-22-48(57)39(7)8)33-44(31-40)63-43-26-27-50-49-18-12-13-23-51(49)62(54(50)34-43)55-32-41(28-29-59-55)58(9,10)11/h12-34,36-39H,35H2,1-11H3/i5D3,38D,39D. The van der Waals surface area contributed by atoms with Crippen molar-refractivity contribution in [2.75, 3.05) is 16.5 Å². The van der Waals surface area contributed by atoms with Gasteiger partial charge in [-0.3, -0.25) is 4.57 Å². The van der Waals surface area contributed by atoms with Crippen molar-refractivity contribution in [2.24, 2.45) is 0 Å². The second kappa shape index (κ2) is 16.4. The largest absolute Gasteiger partial charge is 0.457 e. The molecule has 6 aromatic carbocycles. The Balaban J connectivity index is 1.24. The van der Waals surface area contributed by atoms with E-state index < -0.39 is 18.6 Å². The first-order valence-corrected chi connectivity index (χ1v) is 22.3. The molecule has 8 aromatic rings. The third-order valence-corrected chi connectivity index (χ3v) is 12.6. The van der Waals surface area contributed by atoms with E-state index in [1.807, 2.05) is 50.4 Å². The van der Waals surface area contributed by atoms with Crippen molar-refractivity contribution in [1.82, 2.24) is 9.55 Å². The first-order valence-electron chi connectivity index (χ1n) is 24.8. The summed E-state index contributed by atoms with van der Waals surface area (Å²) < 4.78 is 53.6. The predicted octanol–water partition coefficient (Wildman–Crippen LogP) is 16.7. The molecular formula is C58H62N4O. The SMILES string of the molecule is [2H]C(C)(C)c1cccc(C([2H])(C)C([2H])([2H])[2H])c1N1CN(c2cc(Oc3ccc4c5ccccc5n(-c5cc(C(C)(C)C)ccn5)c4c3)cc(-c3c(C(C)C)cccc3C(C)C)c2)c2ccccc21. The maximum absolute atomic E-state index is 9.38. The highest BCUT2D eigenvalue weighted by atomic mass is 16.5. The molecule has 5 heteroatoms. The van der Waals surface area contributed by atoms with Gasteiger partial charge >= 0.3 is 0 Å². The molecule has 320 valence electrons. The predicted molar refractivity (Wildman–Crippen MR) is 268 cm³/mol. The van der Waals surface area contributed by atoms with Gasteiger partial charge in [0.2, 0.25) is 0 Å². The van der Waals surface area contributed by atoms with Crippen LogP contribution in [0.25, 0.3) is 38.8 Å². The highest BCUT2D eigenvalue weighted by molar-refractivity contribution is 6.09. The van der Waals surface area contributed by atoms with Crippen LogP contribution in [0.15, 0.2) is 140 Å². The van der Waals surface area contributed by atoms with E-state index >= 15 is 0 Å². The zero-order valence-electron chi connectivity index (χ0n) is 43.3. The van der Waals surface area contributed by atoms with Crippen molar-refractivity contribution in [1.29, 1.82) is 0 Å². The van der Waals surface area contributed by atoms with Crippen molar-refractivity contribution in [3.8, 4) is 28.4 Å². The van der Waals surface area contributed by atoms with E-state index in [-0.39, 0.29) is 17.3 Å². The number of rotatable bonds is 10. The number of hydrogen-bond acceptors (Lipinski definition) is 4. The van der Waals surface area contributed by atoms with E-state index in [1.165, 1.54) is 29.2 Å². The zero-order chi connectivity index (χ0) is 48.7. The van der Waals surface area contributed by atoms with Crippen molar-refractivity contribution in [3.63, 3.8) is 0 Å². The molecule has 1 atom stereocenters. The average molecular weight is 836 g/mol. The molecule has 0 aliphatic carbocycles. The van der Waals surface area contributed by atoms with Gasteiger partial charge in [0, 0.05) is 47.3 Å². The van der Waals surface area contributed by atoms with Gasteiger partial charge in [-0.05, 0) is 123 Å². The molecular weight excluding hydrogens is 769 g/mol. The van der Waals surface area contributed by atoms with Crippen LogP contribution in [-0.2, 0) is 5.41 Å². The summed E-state index contributed by atoms with van der Waals surface area (Å²) in [5.74, 6) is -0.394. The average Bonchev–Trinajstić information content (AvgIpc) is 3.83. The van der Waals surface area contributed by atoms with Gasteiger partial charge in [0.05, 0.1) is 22.4 Å². The monoisotopic (exact) mass is 836 g/mol. The van der Waals surface area contributed by atoms with Crippen LogP contribution in [-0.4, -0.2) is 16.2 Å². The molecule has 1 unspecified atom stereocenters. The van der Waals surface area contributed by atoms with Gasteiger partial charge in [-0.15, -0.1) is 0 Å². The van der Waals surface area contributed by atoms with E-state index in [9.17, 15) is 2.74 Å². The number of aromatic nitrogens is 2. The Morgan fingerprint density at radius 3 is 1.90 bits per heavy atom. The van der Waals surface area contributed by atoms with Gasteiger partial charge in [-0.25, -0.2) is 4.98 Å². The third-order valence-electron chi connectivity index (χ3n) is 12.6. The van der Waals surface area contributed by atoms with Crippen LogP contribution in [0.3, 0.4) is 0 Å². The number of pyridine rings is 1. The van der Waals surface area contributed by atoms with E-state index in [4.69, 9.17) is 13.8 Å². The van der Waals surface area contributed by atoms with Crippen LogP contribution >= 0.6 is 0 Å². The smallest absolute Gasteiger partial charge is 0.137 e. The number of hydrogen-bond donors (Lipinski definition) is 0. The fraction of sp³-hybridized carbons (Fsp3) is 0.293. The number of nitrogens with zero attached hydrogens (tertiary/aromatic N) is 4. The molecule has 63 heavy (non-hydrogen) atoms. The Morgan fingerprint density at radius 1 is 0.603 bits per heavy atom. The molecule has 0 spiro atoms. The Kier molecular flexibility index (Phi) is 9.43. The molecule has 3 heterocycles. The fourth-order valence-corrected chi connectivity index (χ4v) is 9.40. The first kappa shape index (κ1) is 36.2. The minimum Gasteiger partial charge on any atom is -0.457 e. The van der Waals surface area contributed by atoms with Crippen molar-refractivity contribution in [2.45, 2.75) is 105 Å². The Labute approximate surface area is 382 Å². The van der Waals surface area contributed by atoms with Crippen molar-refractivity contribution < 1.29 is 11.6 Å². The molecule has 1 aliphatic heterocycles. The van der Waals surface area contributed by atoms with E-state index in [1.54, 1.807) is 12.1 Å².